The molecule has 0 radical (unpaired) electrons. The first-order chi connectivity index (χ1) is 19.2. The highest BCUT2D eigenvalue weighted by molar-refractivity contribution is 6.07. The monoisotopic (exact) mass is 543 g/mol. The average molecular weight is 544 g/mol. The second kappa shape index (κ2) is 10.7. The Kier molecular flexibility index (Phi) is 7.13. The van der Waals surface area contributed by atoms with Crippen molar-refractivity contribution in [1.29, 1.82) is 0 Å². The van der Waals surface area contributed by atoms with E-state index in [1.807, 2.05) is 19.1 Å². The van der Waals surface area contributed by atoms with Crippen LogP contribution in [-0.2, 0) is 11.4 Å². The van der Waals surface area contributed by atoms with E-state index in [9.17, 15) is 14.0 Å². The molecule has 0 unspecified atom stereocenters. The number of pyridine rings is 1. The average Bonchev–Trinajstić information content (AvgIpc) is 2.94. The van der Waals surface area contributed by atoms with E-state index in [0.29, 0.717) is 33.9 Å². The Morgan fingerprint density at radius 2 is 1.82 bits per heavy atom. The Hall–Kier alpha value is -4.92. The Morgan fingerprint density at radius 3 is 2.58 bits per heavy atom. The van der Waals surface area contributed by atoms with Crippen molar-refractivity contribution in [2.75, 3.05) is 17.7 Å². The number of ether oxygens (including phenoxy) is 3. The van der Waals surface area contributed by atoms with Gasteiger partial charge in [0.15, 0.2) is 0 Å². The summed E-state index contributed by atoms with van der Waals surface area (Å²) in [6.45, 7) is 5.44. The van der Waals surface area contributed by atoms with Gasteiger partial charge in [0.1, 0.15) is 40.9 Å². The summed E-state index contributed by atoms with van der Waals surface area (Å²) in [6.07, 6.45) is 1.51. The Labute approximate surface area is 232 Å². The number of anilines is 2. The summed E-state index contributed by atoms with van der Waals surface area (Å²) in [5.74, 6) is -0.110. The third-order valence-corrected chi connectivity index (χ3v) is 6.64. The predicted molar refractivity (Wildman–Crippen MR) is 152 cm³/mol. The third kappa shape index (κ3) is 5.31. The summed E-state index contributed by atoms with van der Waals surface area (Å²) in [6, 6.07) is 18.1. The van der Waals surface area contributed by atoms with Gasteiger partial charge in [0.25, 0.3) is 0 Å². The number of nitrogens with zero attached hydrogens (tertiary/aromatic N) is 1. The molecule has 8 nitrogen and oxygen atoms in total. The molecule has 9 heteroatoms. The molecule has 0 bridgehead atoms. The number of esters is 1. The van der Waals surface area contributed by atoms with E-state index in [2.05, 4.69) is 15.6 Å². The van der Waals surface area contributed by atoms with E-state index >= 15 is 0 Å². The number of halogens is 1. The van der Waals surface area contributed by atoms with Crippen LogP contribution in [0.1, 0.15) is 36.9 Å². The summed E-state index contributed by atoms with van der Waals surface area (Å²) in [4.78, 5) is 29.4. The van der Waals surface area contributed by atoms with Gasteiger partial charge >= 0.3 is 5.97 Å². The SMILES string of the molecule is COc1cc(OC(=O)c2ccccn2)ccc1-c1ccc2c(c1COc1cc(F)ccc1C)NC(=O)C(C)(C)N2.[HH]. The minimum Gasteiger partial charge on any atom is -0.496 e. The maximum Gasteiger partial charge on any atom is 0.362 e. The van der Waals surface area contributed by atoms with Crippen LogP contribution in [0.2, 0.25) is 0 Å². The summed E-state index contributed by atoms with van der Waals surface area (Å²) in [5.41, 5.74) is 3.47. The highest BCUT2D eigenvalue weighted by Crippen LogP contribution is 2.43. The van der Waals surface area contributed by atoms with Gasteiger partial charge in [-0.3, -0.25) is 4.79 Å². The van der Waals surface area contributed by atoms with Crippen molar-refractivity contribution in [2.24, 2.45) is 0 Å². The molecular formula is C31H30FN3O5. The number of carbonyl (C=O) groups excluding carboxylic acids is 2. The molecular weight excluding hydrogens is 513 g/mol. The third-order valence-electron chi connectivity index (χ3n) is 6.64. The first-order valence-electron chi connectivity index (χ1n) is 12.6. The first kappa shape index (κ1) is 26.7. The number of aryl methyl sites for hydroxylation is 1. The van der Waals surface area contributed by atoms with Gasteiger partial charge in [-0.1, -0.05) is 18.2 Å². The smallest absolute Gasteiger partial charge is 0.362 e. The minimum atomic E-state index is -0.817. The molecule has 1 aromatic heterocycles. The molecule has 0 saturated heterocycles. The minimum absolute atomic E-state index is 0. The first-order valence-corrected chi connectivity index (χ1v) is 12.6. The van der Waals surface area contributed by atoms with Crippen molar-refractivity contribution in [1.82, 2.24) is 4.98 Å². The lowest BCUT2D eigenvalue weighted by atomic mass is 9.92. The number of benzene rings is 3. The molecule has 2 heterocycles. The maximum atomic E-state index is 14.0. The van der Waals surface area contributed by atoms with Crippen LogP contribution in [0, 0.1) is 12.7 Å². The van der Waals surface area contributed by atoms with E-state index < -0.39 is 17.3 Å². The summed E-state index contributed by atoms with van der Waals surface area (Å²) < 4.78 is 31.2. The molecule has 0 spiro atoms. The number of fused-ring (bicyclic) bond motifs is 1. The van der Waals surface area contributed by atoms with Gasteiger partial charge in [-0.15, -0.1) is 0 Å². The van der Waals surface area contributed by atoms with Gasteiger partial charge in [-0.2, -0.15) is 0 Å². The Bertz CT molecular complexity index is 1610. The quantitative estimate of drug-likeness (QED) is 0.206. The van der Waals surface area contributed by atoms with Crippen molar-refractivity contribution < 1.29 is 29.6 Å². The van der Waals surface area contributed by atoms with Gasteiger partial charge < -0.3 is 24.8 Å². The second-order valence-corrected chi connectivity index (χ2v) is 9.88. The number of rotatable bonds is 7. The molecule has 1 aliphatic heterocycles. The number of hydrogen-bond acceptors (Lipinski definition) is 7. The van der Waals surface area contributed by atoms with Crippen molar-refractivity contribution in [3.8, 4) is 28.4 Å². The van der Waals surface area contributed by atoms with Crippen LogP contribution < -0.4 is 24.8 Å². The van der Waals surface area contributed by atoms with Gasteiger partial charge in [0.2, 0.25) is 5.91 Å². The number of carbonyl (C=O) groups is 2. The second-order valence-electron chi connectivity index (χ2n) is 9.88. The lowest BCUT2D eigenvalue weighted by Crippen LogP contribution is -2.47. The van der Waals surface area contributed by atoms with Crippen molar-refractivity contribution in [2.45, 2.75) is 32.9 Å². The largest absolute Gasteiger partial charge is 0.496 e. The normalized spacial score (nSPS) is 13.5. The molecule has 4 aromatic rings. The Balaban J connectivity index is 0.00000387. The fourth-order valence-electron chi connectivity index (χ4n) is 4.44. The van der Waals surface area contributed by atoms with Crippen LogP contribution in [0.15, 0.2) is 72.9 Å². The van der Waals surface area contributed by atoms with Crippen LogP contribution in [0.4, 0.5) is 15.8 Å². The van der Waals surface area contributed by atoms with Gasteiger partial charge in [0, 0.05) is 30.9 Å². The summed E-state index contributed by atoms with van der Waals surface area (Å²) in [5, 5.41) is 6.29. The number of methoxy groups -OCH3 is 1. The molecule has 3 aromatic carbocycles. The van der Waals surface area contributed by atoms with Crippen LogP contribution in [0.3, 0.4) is 0 Å². The van der Waals surface area contributed by atoms with Crippen LogP contribution >= 0.6 is 0 Å². The van der Waals surface area contributed by atoms with Crippen molar-refractivity contribution in [3.05, 3.63) is 95.6 Å². The number of nitrogens with one attached hydrogen (secondary N) is 2. The molecule has 1 aliphatic rings. The van der Waals surface area contributed by atoms with Crippen molar-refractivity contribution >= 4 is 23.3 Å². The lowest BCUT2D eigenvalue weighted by Gasteiger charge is -2.34. The highest BCUT2D eigenvalue weighted by atomic mass is 19.1. The van der Waals surface area contributed by atoms with E-state index in [1.165, 1.54) is 25.4 Å². The number of hydrogen-bond donors (Lipinski definition) is 2. The zero-order valence-electron chi connectivity index (χ0n) is 22.5. The zero-order chi connectivity index (χ0) is 28.4. The fraction of sp³-hybridized carbons (Fsp3) is 0.194. The van der Waals surface area contributed by atoms with Gasteiger partial charge in [-0.25, -0.2) is 14.2 Å². The van der Waals surface area contributed by atoms with E-state index in [1.54, 1.807) is 56.3 Å². The standard InChI is InChI=1S/C31H28FN3O5.H2/c1-18-8-9-19(32)15-26(18)39-17-23-21(12-13-24-28(23)34-30(37)31(2,3)35-24)22-11-10-20(16-27(22)38-4)40-29(36)25-7-5-6-14-33-25;/h5-16,35H,17H2,1-4H3,(H,34,37);1H. The molecule has 5 rings (SSSR count). The summed E-state index contributed by atoms with van der Waals surface area (Å²) >= 11 is 0. The number of aromatic nitrogens is 1. The van der Waals surface area contributed by atoms with E-state index in [0.717, 1.165) is 11.3 Å². The topological polar surface area (TPSA) is 98.8 Å². The molecule has 206 valence electrons. The molecule has 40 heavy (non-hydrogen) atoms. The van der Waals surface area contributed by atoms with Gasteiger partial charge in [0.05, 0.1) is 18.5 Å². The maximum absolute atomic E-state index is 14.0. The van der Waals surface area contributed by atoms with Gasteiger partial charge in [-0.05, 0) is 68.3 Å². The van der Waals surface area contributed by atoms with Crippen LogP contribution in [0.5, 0.6) is 17.2 Å². The van der Waals surface area contributed by atoms with E-state index in [4.69, 9.17) is 14.2 Å². The highest BCUT2D eigenvalue weighted by Gasteiger charge is 2.35. The number of amides is 1. The molecule has 0 aliphatic carbocycles. The fourth-order valence-corrected chi connectivity index (χ4v) is 4.44. The summed E-state index contributed by atoms with van der Waals surface area (Å²) in [7, 11) is 1.51. The molecule has 2 N–H and O–H groups in total. The van der Waals surface area contributed by atoms with E-state index in [-0.39, 0.29) is 25.4 Å². The molecule has 0 fully saturated rings. The zero-order valence-corrected chi connectivity index (χ0v) is 22.5. The van der Waals surface area contributed by atoms with Crippen molar-refractivity contribution in [3.63, 3.8) is 0 Å². The molecule has 1 amide bonds. The molecule has 0 saturated carbocycles. The van der Waals surface area contributed by atoms with Crippen LogP contribution in [0.25, 0.3) is 11.1 Å². The Morgan fingerprint density at radius 1 is 1.02 bits per heavy atom. The molecule has 0 atom stereocenters. The van der Waals surface area contributed by atoms with Crippen LogP contribution in [-0.4, -0.2) is 29.5 Å². The predicted octanol–water partition coefficient (Wildman–Crippen LogP) is 6.39. The lowest BCUT2D eigenvalue weighted by molar-refractivity contribution is -0.119.